The number of carboxylic acids is 1. The van der Waals surface area contributed by atoms with Crippen molar-refractivity contribution in [1.29, 1.82) is 0 Å². The molecule has 2 atom stereocenters. The zero-order valence-electron chi connectivity index (χ0n) is 19.0. The van der Waals surface area contributed by atoms with Crippen molar-refractivity contribution >= 4 is 33.7 Å². The Kier molecular flexibility index (Phi) is 11.7. The first kappa shape index (κ1) is 29.9. The zero-order chi connectivity index (χ0) is 26.8. The number of hydrogen-bond donors (Lipinski definition) is 5. The number of nitrogens with two attached hydrogens (primary N) is 1. The average molecular weight is 562 g/mol. The molecule has 35 heavy (non-hydrogen) atoms. The maximum absolute atomic E-state index is 12.3. The Morgan fingerprint density at radius 2 is 1.69 bits per heavy atom. The number of nitrogens with one attached hydrogen (secondary N) is 2. The number of halogens is 4. The topological polar surface area (TPSA) is 142 Å². The summed E-state index contributed by atoms with van der Waals surface area (Å²) in [7, 11) is 0. The van der Waals surface area contributed by atoms with Crippen molar-refractivity contribution in [3.05, 3.63) is 63.6 Å². The lowest BCUT2D eigenvalue weighted by atomic mass is 10.1. The monoisotopic (exact) mass is 561 g/mol. The summed E-state index contributed by atoms with van der Waals surface area (Å²) >= 11 is 3.37. The predicted octanol–water partition coefficient (Wildman–Crippen LogP) is 3.18. The largest absolute Gasteiger partial charge is 0.507 e. The molecule has 2 amide bonds. The molecule has 0 saturated heterocycles. The van der Waals surface area contributed by atoms with E-state index in [1.165, 1.54) is 0 Å². The van der Waals surface area contributed by atoms with Gasteiger partial charge in [-0.15, -0.1) is 0 Å². The molecule has 0 bridgehead atoms. The number of alkyl halides is 3. The maximum Gasteiger partial charge on any atom is 0.490 e. The summed E-state index contributed by atoms with van der Waals surface area (Å²) in [6, 6.07) is 11.9. The van der Waals surface area contributed by atoms with E-state index in [1.54, 1.807) is 26.0 Å². The van der Waals surface area contributed by atoms with E-state index in [1.807, 2.05) is 30.3 Å². The summed E-state index contributed by atoms with van der Waals surface area (Å²) in [5.41, 5.74) is 8.37. The SMILES string of the molecule is Cc1cc(Br)cc(CNC(=O)[C@H](C)NC(=O)[C@H](N)CCc2ccccc2)c1O.O=C(O)C(F)(F)F. The summed E-state index contributed by atoms with van der Waals surface area (Å²) in [6.07, 6.45) is -3.90. The van der Waals surface area contributed by atoms with E-state index in [9.17, 15) is 27.9 Å². The number of phenolic OH excluding ortho intramolecular Hbond substituents is 1. The van der Waals surface area contributed by atoms with Crippen LogP contribution in [0, 0.1) is 6.92 Å². The molecule has 0 radical (unpaired) electrons. The predicted molar refractivity (Wildman–Crippen MR) is 126 cm³/mol. The first-order valence-corrected chi connectivity index (χ1v) is 11.2. The van der Waals surface area contributed by atoms with E-state index in [4.69, 9.17) is 15.6 Å². The standard InChI is InChI=1S/C21H26BrN3O3.C2HF3O2/c1-13-10-17(22)11-16(19(13)26)12-24-20(27)14(2)25-21(28)18(23)9-8-15-6-4-3-5-7-15;3-2(4,5)1(6)7/h3-7,10-11,14,18,26H,8-9,12,23H2,1-2H3,(H,24,27)(H,25,28);(H,6,7)/t14-,18+;/m0./s1. The molecule has 0 aromatic heterocycles. The third kappa shape index (κ3) is 10.8. The van der Waals surface area contributed by atoms with Gasteiger partial charge in [0, 0.05) is 16.6 Å². The van der Waals surface area contributed by atoms with Crippen molar-refractivity contribution in [3.8, 4) is 5.75 Å². The van der Waals surface area contributed by atoms with Crippen LogP contribution in [0.5, 0.6) is 5.75 Å². The van der Waals surface area contributed by atoms with Crippen LogP contribution in [0.2, 0.25) is 0 Å². The van der Waals surface area contributed by atoms with Gasteiger partial charge in [0.2, 0.25) is 11.8 Å². The van der Waals surface area contributed by atoms with Crippen LogP contribution in [0.1, 0.15) is 30.0 Å². The van der Waals surface area contributed by atoms with Crippen LogP contribution >= 0.6 is 15.9 Å². The number of aliphatic carboxylic acids is 1. The highest BCUT2D eigenvalue weighted by atomic mass is 79.9. The van der Waals surface area contributed by atoms with Crippen molar-refractivity contribution in [3.63, 3.8) is 0 Å². The van der Waals surface area contributed by atoms with Crippen LogP contribution in [0.15, 0.2) is 46.9 Å². The van der Waals surface area contributed by atoms with Gasteiger partial charge in [0.1, 0.15) is 11.8 Å². The number of amides is 2. The van der Waals surface area contributed by atoms with Gasteiger partial charge in [-0.2, -0.15) is 13.2 Å². The van der Waals surface area contributed by atoms with E-state index < -0.39 is 24.2 Å². The number of carbonyl (C=O) groups excluding carboxylic acids is 2. The molecule has 8 nitrogen and oxygen atoms in total. The van der Waals surface area contributed by atoms with E-state index in [-0.39, 0.29) is 24.1 Å². The fraction of sp³-hybridized carbons (Fsp3) is 0.348. The number of carbonyl (C=O) groups is 3. The number of aromatic hydroxyl groups is 1. The molecule has 192 valence electrons. The highest BCUT2D eigenvalue weighted by Gasteiger charge is 2.38. The molecule has 2 aromatic carbocycles. The second-order valence-electron chi connectivity index (χ2n) is 7.61. The Bertz CT molecular complexity index is 1020. The van der Waals surface area contributed by atoms with Gasteiger partial charge in [0.25, 0.3) is 0 Å². The van der Waals surface area contributed by atoms with Crippen molar-refractivity contribution in [2.24, 2.45) is 5.73 Å². The minimum atomic E-state index is -5.08. The number of hydrogen-bond acceptors (Lipinski definition) is 5. The maximum atomic E-state index is 12.3. The van der Waals surface area contributed by atoms with Crippen LogP contribution in [0.25, 0.3) is 0 Å². The van der Waals surface area contributed by atoms with Gasteiger partial charge in [0.05, 0.1) is 6.04 Å². The van der Waals surface area contributed by atoms with Crippen LogP contribution in [0.4, 0.5) is 13.2 Å². The normalized spacial score (nSPS) is 12.5. The van der Waals surface area contributed by atoms with Gasteiger partial charge in [0.15, 0.2) is 0 Å². The van der Waals surface area contributed by atoms with Gasteiger partial charge < -0.3 is 26.6 Å². The number of benzene rings is 2. The smallest absolute Gasteiger partial charge is 0.490 e. The van der Waals surface area contributed by atoms with Crippen LogP contribution in [-0.4, -0.2) is 46.3 Å². The Morgan fingerprint density at radius 1 is 1.11 bits per heavy atom. The second kappa shape index (κ2) is 13.7. The fourth-order valence-electron chi connectivity index (χ4n) is 2.76. The number of carboxylic acid groups (broad SMARTS) is 1. The molecule has 0 fully saturated rings. The molecule has 0 aliphatic rings. The number of aryl methyl sites for hydroxylation is 2. The van der Waals surface area contributed by atoms with Gasteiger partial charge in [-0.3, -0.25) is 9.59 Å². The third-order valence-electron chi connectivity index (χ3n) is 4.72. The molecule has 12 heteroatoms. The van der Waals surface area contributed by atoms with E-state index in [2.05, 4.69) is 26.6 Å². The first-order valence-electron chi connectivity index (χ1n) is 10.4. The molecule has 0 spiro atoms. The van der Waals surface area contributed by atoms with Gasteiger partial charge in [-0.05, 0) is 49.9 Å². The zero-order valence-corrected chi connectivity index (χ0v) is 20.6. The fourth-order valence-corrected chi connectivity index (χ4v) is 3.38. The van der Waals surface area contributed by atoms with E-state index >= 15 is 0 Å². The van der Waals surface area contributed by atoms with Crippen molar-refractivity contribution in [2.45, 2.75) is 51.5 Å². The number of rotatable bonds is 8. The van der Waals surface area contributed by atoms with Crippen molar-refractivity contribution < 1.29 is 37.8 Å². The van der Waals surface area contributed by atoms with Gasteiger partial charge in [-0.1, -0.05) is 46.3 Å². The molecular formula is C23H27BrF3N3O5. The summed E-state index contributed by atoms with van der Waals surface area (Å²) in [6.45, 7) is 3.54. The molecule has 0 saturated carbocycles. The van der Waals surface area contributed by atoms with Crippen molar-refractivity contribution in [2.75, 3.05) is 0 Å². The van der Waals surface area contributed by atoms with Crippen LogP contribution in [0.3, 0.4) is 0 Å². The molecule has 0 heterocycles. The summed E-state index contributed by atoms with van der Waals surface area (Å²) in [4.78, 5) is 33.4. The highest BCUT2D eigenvalue weighted by Crippen LogP contribution is 2.26. The van der Waals surface area contributed by atoms with Gasteiger partial charge in [-0.25, -0.2) is 4.79 Å². The molecule has 6 N–H and O–H groups in total. The Hall–Kier alpha value is -3.12. The molecule has 0 aliphatic carbocycles. The van der Waals surface area contributed by atoms with Gasteiger partial charge >= 0.3 is 12.1 Å². The van der Waals surface area contributed by atoms with Crippen molar-refractivity contribution in [1.82, 2.24) is 10.6 Å². The lowest BCUT2D eigenvalue weighted by Gasteiger charge is -2.18. The minimum Gasteiger partial charge on any atom is -0.507 e. The average Bonchev–Trinajstić information content (AvgIpc) is 2.78. The summed E-state index contributed by atoms with van der Waals surface area (Å²) < 4.78 is 32.6. The second-order valence-corrected chi connectivity index (χ2v) is 8.53. The molecule has 2 rings (SSSR count). The molecule has 0 unspecified atom stereocenters. The quantitative estimate of drug-likeness (QED) is 0.335. The number of phenols is 1. The van der Waals surface area contributed by atoms with E-state index in [0.29, 0.717) is 24.0 Å². The Labute approximate surface area is 208 Å². The Balaban J connectivity index is 0.000000762. The molecule has 0 aliphatic heterocycles. The first-order chi connectivity index (χ1) is 16.2. The van der Waals surface area contributed by atoms with E-state index in [0.717, 1.165) is 10.0 Å². The summed E-state index contributed by atoms with van der Waals surface area (Å²) in [5.74, 6) is -3.32. The van der Waals surface area contributed by atoms with Crippen LogP contribution in [-0.2, 0) is 27.3 Å². The Morgan fingerprint density at radius 3 is 2.23 bits per heavy atom. The molecular weight excluding hydrogens is 535 g/mol. The summed E-state index contributed by atoms with van der Waals surface area (Å²) in [5, 5.41) is 22.6. The third-order valence-corrected chi connectivity index (χ3v) is 5.17. The minimum absolute atomic E-state index is 0.142. The highest BCUT2D eigenvalue weighted by molar-refractivity contribution is 9.10. The van der Waals surface area contributed by atoms with Crippen LogP contribution < -0.4 is 16.4 Å². The lowest BCUT2D eigenvalue weighted by molar-refractivity contribution is -0.192. The lowest BCUT2D eigenvalue weighted by Crippen LogP contribution is -2.50. The molecule has 2 aromatic rings.